The normalized spacial score (nSPS) is 10.4. The van der Waals surface area contributed by atoms with Crippen LogP contribution in [0.4, 0.5) is 4.39 Å². The summed E-state index contributed by atoms with van der Waals surface area (Å²) in [5.74, 6) is 0.0131. The first kappa shape index (κ1) is 12.4. The molecule has 0 fully saturated rings. The predicted octanol–water partition coefficient (Wildman–Crippen LogP) is 3.40. The SMILES string of the molecule is N#Cc1ccc(-c2nc(-c3ccc(F)c(Cl)c3)no2)[nH]1. The van der Waals surface area contributed by atoms with Gasteiger partial charge in [-0.25, -0.2) is 4.39 Å². The fraction of sp³-hybridized carbons (Fsp3) is 0. The summed E-state index contributed by atoms with van der Waals surface area (Å²) in [6.07, 6.45) is 0. The van der Waals surface area contributed by atoms with Gasteiger partial charge >= 0.3 is 0 Å². The average Bonchev–Trinajstić information content (AvgIpc) is 3.09. The lowest BCUT2D eigenvalue weighted by Gasteiger charge is -1.96. The van der Waals surface area contributed by atoms with Crippen molar-refractivity contribution in [2.75, 3.05) is 0 Å². The molecule has 0 saturated carbocycles. The van der Waals surface area contributed by atoms with Crippen molar-refractivity contribution in [1.82, 2.24) is 15.1 Å². The molecule has 0 saturated heterocycles. The number of aromatic nitrogens is 3. The highest BCUT2D eigenvalue weighted by molar-refractivity contribution is 6.31. The maximum Gasteiger partial charge on any atom is 0.274 e. The van der Waals surface area contributed by atoms with E-state index in [0.29, 0.717) is 17.0 Å². The van der Waals surface area contributed by atoms with Crippen LogP contribution in [0.1, 0.15) is 5.69 Å². The molecular weight excluding hydrogens is 283 g/mol. The van der Waals surface area contributed by atoms with Gasteiger partial charge in [0.1, 0.15) is 23.3 Å². The van der Waals surface area contributed by atoms with Crippen LogP contribution >= 0.6 is 11.6 Å². The van der Waals surface area contributed by atoms with Gasteiger partial charge in [-0.2, -0.15) is 10.2 Å². The lowest BCUT2D eigenvalue weighted by Crippen LogP contribution is -1.84. The number of H-pyrrole nitrogens is 1. The Hall–Kier alpha value is -2.65. The lowest BCUT2D eigenvalue weighted by atomic mass is 10.2. The fourth-order valence-corrected chi connectivity index (χ4v) is 1.85. The molecule has 0 bridgehead atoms. The van der Waals surface area contributed by atoms with Crippen molar-refractivity contribution in [2.24, 2.45) is 0 Å². The zero-order chi connectivity index (χ0) is 14.1. The van der Waals surface area contributed by atoms with E-state index in [0.717, 1.165) is 0 Å². The van der Waals surface area contributed by atoms with Crippen molar-refractivity contribution in [1.29, 1.82) is 5.26 Å². The number of hydrogen-bond acceptors (Lipinski definition) is 4. The minimum atomic E-state index is -0.512. The van der Waals surface area contributed by atoms with Crippen molar-refractivity contribution in [3.63, 3.8) is 0 Å². The van der Waals surface area contributed by atoms with Crippen LogP contribution in [0.15, 0.2) is 34.9 Å². The topological polar surface area (TPSA) is 78.5 Å². The molecule has 0 spiro atoms. The molecule has 2 aromatic heterocycles. The van der Waals surface area contributed by atoms with Crippen LogP contribution in [-0.2, 0) is 0 Å². The van der Waals surface area contributed by atoms with Crippen molar-refractivity contribution in [2.45, 2.75) is 0 Å². The fourth-order valence-electron chi connectivity index (χ4n) is 1.67. The summed E-state index contributed by atoms with van der Waals surface area (Å²) < 4.78 is 18.2. The Kier molecular flexibility index (Phi) is 2.97. The highest BCUT2D eigenvalue weighted by atomic mass is 35.5. The molecule has 0 aliphatic rings. The summed E-state index contributed by atoms with van der Waals surface area (Å²) in [6.45, 7) is 0. The van der Waals surface area contributed by atoms with E-state index in [1.807, 2.05) is 6.07 Å². The Bertz CT molecular complexity index is 818. The summed E-state index contributed by atoms with van der Waals surface area (Å²) in [4.78, 5) is 6.99. The maximum atomic E-state index is 13.1. The molecule has 2 heterocycles. The molecule has 5 nitrogen and oxygen atoms in total. The second kappa shape index (κ2) is 4.79. The molecule has 0 unspecified atom stereocenters. The average molecular weight is 289 g/mol. The second-order valence-corrected chi connectivity index (χ2v) is 4.36. The summed E-state index contributed by atoms with van der Waals surface area (Å²) in [6, 6.07) is 9.39. The standard InChI is InChI=1S/C13H6ClFN4O/c14-9-5-7(1-3-10(9)15)12-18-13(20-19-12)11-4-2-8(6-16)17-11/h1-5,17H. The van der Waals surface area contributed by atoms with E-state index in [1.165, 1.54) is 18.2 Å². The molecule has 0 aliphatic heterocycles. The van der Waals surface area contributed by atoms with Gasteiger partial charge in [0.2, 0.25) is 5.82 Å². The molecular formula is C13H6ClFN4O. The first-order valence-electron chi connectivity index (χ1n) is 5.56. The Morgan fingerprint density at radius 2 is 2.15 bits per heavy atom. The van der Waals surface area contributed by atoms with Crippen molar-refractivity contribution in [3.8, 4) is 29.0 Å². The van der Waals surface area contributed by atoms with Gasteiger partial charge in [-0.1, -0.05) is 16.8 Å². The number of hydrogen-bond donors (Lipinski definition) is 1. The third kappa shape index (κ3) is 2.15. The zero-order valence-corrected chi connectivity index (χ0v) is 10.6. The van der Waals surface area contributed by atoms with Gasteiger partial charge in [-0.05, 0) is 30.3 Å². The molecule has 0 aliphatic carbocycles. The van der Waals surface area contributed by atoms with E-state index in [-0.39, 0.29) is 16.7 Å². The number of halogens is 2. The molecule has 7 heteroatoms. The van der Waals surface area contributed by atoms with Crippen LogP contribution in [-0.4, -0.2) is 15.1 Å². The number of rotatable bonds is 2. The maximum absolute atomic E-state index is 13.1. The van der Waals surface area contributed by atoms with Gasteiger partial charge in [0.05, 0.1) is 5.02 Å². The molecule has 98 valence electrons. The van der Waals surface area contributed by atoms with Gasteiger partial charge in [0.15, 0.2) is 0 Å². The van der Waals surface area contributed by atoms with Gasteiger partial charge in [0.25, 0.3) is 5.89 Å². The number of benzene rings is 1. The molecule has 3 rings (SSSR count). The molecule has 1 aromatic carbocycles. The monoisotopic (exact) mass is 288 g/mol. The highest BCUT2D eigenvalue weighted by Crippen LogP contribution is 2.25. The smallest absolute Gasteiger partial charge is 0.274 e. The highest BCUT2D eigenvalue weighted by Gasteiger charge is 2.13. The van der Waals surface area contributed by atoms with E-state index < -0.39 is 5.82 Å². The minimum Gasteiger partial charge on any atom is -0.342 e. The molecule has 20 heavy (non-hydrogen) atoms. The third-order valence-corrected chi connectivity index (χ3v) is 2.93. The largest absolute Gasteiger partial charge is 0.342 e. The van der Waals surface area contributed by atoms with Crippen LogP contribution in [0.25, 0.3) is 23.0 Å². The van der Waals surface area contributed by atoms with Crippen LogP contribution in [0.2, 0.25) is 5.02 Å². The summed E-state index contributed by atoms with van der Waals surface area (Å²) in [5, 5.41) is 12.5. The summed E-state index contributed by atoms with van der Waals surface area (Å²) in [5.41, 5.74) is 1.47. The molecule has 1 N–H and O–H groups in total. The van der Waals surface area contributed by atoms with Crippen LogP contribution in [0.5, 0.6) is 0 Å². The number of nitriles is 1. The predicted molar refractivity (Wildman–Crippen MR) is 69.2 cm³/mol. The van der Waals surface area contributed by atoms with Crippen molar-refractivity contribution >= 4 is 11.6 Å². The Labute approximate surface area is 117 Å². The lowest BCUT2D eigenvalue weighted by molar-refractivity contribution is 0.431. The van der Waals surface area contributed by atoms with Crippen molar-refractivity contribution in [3.05, 3.63) is 46.9 Å². The number of nitrogens with one attached hydrogen (secondary N) is 1. The van der Waals surface area contributed by atoms with E-state index >= 15 is 0 Å². The second-order valence-electron chi connectivity index (χ2n) is 3.95. The van der Waals surface area contributed by atoms with Crippen LogP contribution in [0.3, 0.4) is 0 Å². The summed E-state index contributed by atoms with van der Waals surface area (Å²) in [7, 11) is 0. The summed E-state index contributed by atoms with van der Waals surface area (Å²) >= 11 is 5.71. The molecule has 0 radical (unpaired) electrons. The van der Waals surface area contributed by atoms with Gasteiger partial charge < -0.3 is 9.51 Å². The number of nitrogens with zero attached hydrogens (tertiary/aromatic N) is 3. The quantitative estimate of drug-likeness (QED) is 0.784. The van der Waals surface area contributed by atoms with Gasteiger partial charge in [-0.3, -0.25) is 0 Å². The minimum absolute atomic E-state index is 0.0134. The first-order chi connectivity index (χ1) is 9.67. The number of aromatic amines is 1. The van der Waals surface area contributed by atoms with E-state index in [1.54, 1.807) is 12.1 Å². The first-order valence-corrected chi connectivity index (χ1v) is 5.94. The van der Waals surface area contributed by atoms with Gasteiger partial charge in [0, 0.05) is 5.56 Å². The molecule has 0 amide bonds. The Morgan fingerprint density at radius 3 is 2.85 bits per heavy atom. The van der Waals surface area contributed by atoms with E-state index in [2.05, 4.69) is 15.1 Å². The van der Waals surface area contributed by atoms with E-state index in [9.17, 15) is 4.39 Å². The van der Waals surface area contributed by atoms with Crippen LogP contribution in [0, 0.1) is 17.1 Å². The molecule has 3 aromatic rings. The van der Waals surface area contributed by atoms with Crippen molar-refractivity contribution < 1.29 is 8.91 Å². The molecule has 0 atom stereocenters. The van der Waals surface area contributed by atoms with Gasteiger partial charge in [-0.15, -0.1) is 0 Å². The zero-order valence-electron chi connectivity index (χ0n) is 9.89. The Morgan fingerprint density at radius 1 is 1.30 bits per heavy atom. The van der Waals surface area contributed by atoms with E-state index in [4.69, 9.17) is 21.4 Å². The van der Waals surface area contributed by atoms with Crippen LogP contribution < -0.4 is 0 Å². The third-order valence-electron chi connectivity index (χ3n) is 2.64. The Balaban J connectivity index is 1.97.